The Hall–Kier alpha value is -3.06. The molecule has 0 aliphatic carbocycles. The number of nitrogens with one attached hydrogen (secondary N) is 1. The number of carbonyl (C=O) groups excluding carboxylic acids is 1. The first-order chi connectivity index (χ1) is 14.3. The summed E-state index contributed by atoms with van der Waals surface area (Å²) < 4.78 is 41.9. The number of aryl methyl sites for hydroxylation is 1. The molecule has 1 aliphatic heterocycles. The summed E-state index contributed by atoms with van der Waals surface area (Å²) in [7, 11) is 0. The number of aromatic nitrogens is 1. The maximum Gasteiger partial charge on any atom is 0.416 e. The van der Waals surface area contributed by atoms with Gasteiger partial charge in [0.2, 0.25) is 0 Å². The molecule has 2 aromatic carbocycles. The molecule has 3 N–H and O–H groups in total. The lowest BCUT2D eigenvalue weighted by molar-refractivity contribution is -0.137. The molecule has 7 heteroatoms. The predicted octanol–water partition coefficient (Wildman–Crippen LogP) is 4.78. The molecule has 0 spiro atoms. The monoisotopic (exact) mass is 413 g/mol. The van der Waals surface area contributed by atoms with Gasteiger partial charge in [-0.05, 0) is 55.3 Å². The molecule has 1 aliphatic rings. The fourth-order valence-electron chi connectivity index (χ4n) is 4.07. The smallest absolute Gasteiger partial charge is 0.349 e. The van der Waals surface area contributed by atoms with Crippen molar-refractivity contribution in [1.29, 1.82) is 0 Å². The highest BCUT2D eigenvalue weighted by atomic mass is 19.4. The Kier molecular flexibility index (Phi) is 5.15. The van der Waals surface area contributed by atoms with Crippen LogP contribution in [0.3, 0.4) is 0 Å². The summed E-state index contributed by atoms with van der Waals surface area (Å²) in [5.74, 6) is -0.240. The molecular weight excluding hydrogens is 391 g/mol. The number of rotatable bonds is 4. The minimum atomic E-state index is -4.45. The van der Waals surface area contributed by atoms with Gasteiger partial charge in [0.1, 0.15) is 5.69 Å². The third-order valence-corrected chi connectivity index (χ3v) is 5.42. The summed E-state index contributed by atoms with van der Waals surface area (Å²) in [5.41, 5.74) is 9.14. The van der Waals surface area contributed by atoms with Gasteiger partial charge in [-0.3, -0.25) is 4.79 Å². The third-order valence-electron chi connectivity index (χ3n) is 5.42. The highest BCUT2D eigenvalue weighted by Crippen LogP contribution is 2.41. The molecule has 0 fully saturated rings. The molecule has 30 heavy (non-hydrogen) atoms. The lowest BCUT2D eigenvalue weighted by Gasteiger charge is -2.28. The molecule has 0 bridgehead atoms. The topological polar surface area (TPSA) is 60.0 Å². The van der Waals surface area contributed by atoms with Gasteiger partial charge in [-0.25, -0.2) is 0 Å². The van der Waals surface area contributed by atoms with Crippen molar-refractivity contribution >= 4 is 5.91 Å². The van der Waals surface area contributed by atoms with Crippen LogP contribution < -0.4 is 11.1 Å². The van der Waals surface area contributed by atoms with E-state index >= 15 is 0 Å². The van der Waals surface area contributed by atoms with E-state index in [0.29, 0.717) is 36.3 Å². The van der Waals surface area contributed by atoms with E-state index in [1.807, 2.05) is 35.8 Å². The first kappa shape index (κ1) is 20.2. The van der Waals surface area contributed by atoms with Crippen molar-refractivity contribution in [1.82, 2.24) is 9.88 Å². The zero-order valence-corrected chi connectivity index (χ0v) is 16.5. The van der Waals surface area contributed by atoms with E-state index in [4.69, 9.17) is 5.73 Å². The van der Waals surface area contributed by atoms with Crippen molar-refractivity contribution in [3.05, 3.63) is 71.4 Å². The highest BCUT2D eigenvalue weighted by Gasteiger charge is 2.33. The van der Waals surface area contributed by atoms with Gasteiger partial charge < -0.3 is 15.6 Å². The van der Waals surface area contributed by atoms with Gasteiger partial charge in [0.05, 0.1) is 17.3 Å². The lowest BCUT2D eigenvalue weighted by atomic mass is 9.98. The van der Waals surface area contributed by atoms with Gasteiger partial charge in [0.25, 0.3) is 5.91 Å². The van der Waals surface area contributed by atoms with E-state index in [-0.39, 0.29) is 11.9 Å². The molecule has 1 unspecified atom stereocenters. The molecule has 3 aromatic rings. The first-order valence-electron chi connectivity index (χ1n) is 9.77. The van der Waals surface area contributed by atoms with Gasteiger partial charge >= 0.3 is 6.18 Å². The van der Waals surface area contributed by atoms with Crippen LogP contribution >= 0.6 is 0 Å². The lowest BCUT2D eigenvalue weighted by Crippen LogP contribution is -2.39. The van der Waals surface area contributed by atoms with Gasteiger partial charge in [0.15, 0.2) is 0 Å². The van der Waals surface area contributed by atoms with Crippen LogP contribution in [0.15, 0.2) is 54.6 Å². The van der Waals surface area contributed by atoms with E-state index in [2.05, 4.69) is 5.32 Å². The summed E-state index contributed by atoms with van der Waals surface area (Å²) >= 11 is 0. The Morgan fingerprint density at radius 1 is 1.10 bits per heavy atom. The van der Waals surface area contributed by atoms with Gasteiger partial charge in [0, 0.05) is 12.1 Å². The van der Waals surface area contributed by atoms with Crippen LogP contribution in [0.4, 0.5) is 13.2 Å². The van der Waals surface area contributed by atoms with Crippen molar-refractivity contribution in [2.75, 3.05) is 13.1 Å². The summed E-state index contributed by atoms with van der Waals surface area (Å²) in [6, 6.07) is 14.6. The SMILES string of the molecule is Cc1cccc(-c2c(-c3cccc(C(F)(F)F)c3)cc3n2C(CCN)CNC3=O)c1. The van der Waals surface area contributed by atoms with Crippen LogP contribution in [0, 0.1) is 6.92 Å². The van der Waals surface area contributed by atoms with Crippen molar-refractivity contribution in [3.8, 4) is 22.4 Å². The van der Waals surface area contributed by atoms with E-state index in [0.717, 1.165) is 29.0 Å². The van der Waals surface area contributed by atoms with Crippen molar-refractivity contribution in [3.63, 3.8) is 0 Å². The quantitative estimate of drug-likeness (QED) is 0.647. The second-order valence-electron chi connectivity index (χ2n) is 7.55. The normalized spacial score (nSPS) is 16.3. The fourth-order valence-corrected chi connectivity index (χ4v) is 4.07. The largest absolute Gasteiger partial charge is 0.416 e. The molecule has 1 amide bonds. The Labute approximate surface area is 172 Å². The maximum atomic E-state index is 13.3. The Balaban J connectivity index is 2.00. The second-order valence-corrected chi connectivity index (χ2v) is 7.55. The van der Waals surface area contributed by atoms with E-state index < -0.39 is 11.7 Å². The number of fused-ring (bicyclic) bond motifs is 1. The number of hydrogen-bond donors (Lipinski definition) is 2. The molecule has 2 heterocycles. The molecule has 4 rings (SSSR count). The van der Waals surface area contributed by atoms with E-state index in [1.54, 1.807) is 12.1 Å². The number of alkyl halides is 3. The summed E-state index contributed by atoms with van der Waals surface area (Å²) in [4.78, 5) is 12.6. The minimum Gasteiger partial charge on any atom is -0.349 e. The zero-order valence-electron chi connectivity index (χ0n) is 16.5. The number of carbonyl (C=O) groups is 1. The van der Waals surface area contributed by atoms with Crippen molar-refractivity contribution in [2.24, 2.45) is 5.73 Å². The third kappa shape index (κ3) is 3.61. The average Bonchev–Trinajstić information content (AvgIpc) is 3.11. The van der Waals surface area contributed by atoms with E-state index in [9.17, 15) is 18.0 Å². The molecular formula is C23H22F3N3O. The number of nitrogens with two attached hydrogens (primary N) is 1. The molecule has 0 saturated heterocycles. The summed E-state index contributed by atoms with van der Waals surface area (Å²) in [6.45, 7) is 2.82. The molecule has 156 valence electrons. The first-order valence-corrected chi connectivity index (χ1v) is 9.77. The number of nitrogens with zero attached hydrogens (tertiary/aromatic N) is 1. The Morgan fingerprint density at radius 3 is 2.53 bits per heavy atom. The molecule has 1 aromatic heterocycles. The zero-order chi connectivity index (χ0) is 21.5. The number of halogens is 3. The van der Waals surface area contributed by atoms with Gasteiger partial charge in [-0.1, -0.05) is 35.9 Å². The van der Waals surface area contributed by atoms with Crippen LogP contribution in [-0.4, -0.2) is 23.6 Å². The van der Waals surface area contributed by atoms with E-state index in [1.165, 1.54) is 6.07 Å². The highest BCUT2D eigenvalue weighted by molar-refractivity contribution is 5.98. The summed E-state index contributed by atoms with van der Waals surface area (Å²) in [5, 5.41) is 2.87. The van der Waals surface area contributed by atoms with Gasteiger partial charge in [-0.15, -0.1) is 0 Å². The van der Waals surface area contributed by atoms with Gasteiger partial charge in [-0.2, -0.15) is 13.2 Å². The number of hydrogen-bond acceptors (Lipinski definition) is 2. The van der Waals surface area contributed by atoms with Crippen LogP contribution in [0.25, 0.3) is 22.4 Å². The van der Waals surface area contributed by atoms with Crippen molar-refractivity contribution < 1.29 is 18.0 Å². The maximum absolute atomic E-state index is 13.3. The molecule has 0 radical (unpaired) electrons. The van der Waals surface area contributed by atoms with Crippen LogP contribution in [-0.2, 0) is 6.18 Å². The minimum absolute atomic E-state index is 0.0715. The Morgan fingerprint density at radius 2 is 1.83 bits per heavy atom. The van der Waals surface area contributed by atoms with Crippen LogP contribution in [0.5, 0.6) is 0 Å². The standard InChI is InChI=1S/C23H22F3N3O/c1-14-4-2-6-16(10-14)21-19(15-5-3-7-17(11-15)23(24,25)26)12-20-22(30)28-13-18(8-9-27)29(20)21/h2-7,10-12,18H,8-9,13,27H2,1H3,(H,28,30). The molecule has 4 nitrogen and oxygen atoms in total. The Bertz CT molecular complexity index is 1100. The second kappa shape index (κ2) is 7.65. The van der Waals surface area contributed by atoms with Crippen LogP contribution in [0.1, 0.15) is 34.1 Å². The average molecular weight is 413 g/mol. The predicted molar refractivity (Wildman–Crippen MR) is 110 cm³/mol. The molecule has 0 saturated carbocycles. The van der Waals surface area contributed by atoms with Crippen LogP contribution in [0.2, 0.25) is 0 Å². The number of amides is 1. The molecule has 1 atom stereocenters. The number of benzene rings is 2. The fraction of sp³-hybridized carbons (Fsp3) is 0.261. The van der Waals surface area contributed by atoms with Crippen molar-refractivity contribution in [2.45, 2.75) is 25.6 Å². The summed E-state index contributed by atoms with van der Waals surface area (Å²) in [6.07, 6.45) is -3.80.